The van der Waals surface area contributed by atoms with Crippen molar-refractivity contribution >= 4 is 39.6 Å². The average Bonchev–Trinajstić information content (AvgIpc) is 3.47. The summed E-state index contributed by atoms with van der Waals surface area (Å²) in [5, 5.41) is 15.8. The summed E-state index contributed by atoms with van der Waals surface area (Å²) in [6, 6.07) is 16.3. The molecule has 0 bridgehead atoms. The number of methoxy groups -OCH3 is 2. The lowest BCUT2D eigenvalue weighted by Crippen LogP contribution is -2.04. The van der Waals surface area contributed by atoms with Crippen LogP contribution < -0.4 is 14.8 Å². The number of nitrogens with zero attached hydrogens (tertiary/aromatic N) is 3. The number of thioether (sulfide) groups is 1. The van der Waals surface area contributed by atoms with Crippen LogP contribution in [0.15, 0.2) is 58.3 Å². The van der Waals surface area contributed by atoms with Crippen LogP contribution >= 0.6 is 34.4 Å². The summed E-state index contributed by atoms with van der Waals surface area (Å²) < 4.78 is 11.6. The molecule has 2 aromatic heterocycles. The van der Waals surface area contributed by atoms with E-state index in [-0.39, 0.29) is 0 Å². The van der Waals surface area contributed by atoms with E-state index in [1.165, 1.54) is 5.56 Å². The third-order valence-corrected chi connectivity index (χ3v) is 7.45. The van der Waals surface area contributed by atoms with Gasteiger partial charge >= 0.3 is 0 Å². The van der Waals surface area contributed by atoms with Gasteiger partial charge in [0.15, 0.2) is 15.8 Å². The van der Waals surface area contributed by atoms with E-state index in [0.29, 0.717) is 11.5 Å². The van der Waals surface area contributed by atoms with Crippen LogP contribution in [-0.4, -0.2) is 35.9 Å². The molecule has 0 aliphatic rings. The lowest BCUT2D eigenvalue weighted by atomic mass is 10.2. The topological polar surface area (TPSA) is 69.2 Å². The first-order valence-electron chi connectivity index (χ1n) is 9.66. The van der Waals surface area contributed by atoms with Crippen LogP contribution in [-0.2, 0) is 12.2 Å². The maximum atomic E-state index is 5.39. The monoisotopic (exact) mass is 470 g/mol. The summed E-state index contributed by atoms with van der Waals surface area (Å²) in [7, 11) is 3.27. The Morgan fingerprint density at radius 1 is 1.00 bits per heavy atom. The Morgan fingerprint density at radius 2 is 1.84 bits per heavy atom. The van der Waals surface area contributed by atoms with Gasteiger partial charge < -0.3 is 14.8 Å². The summed E-state index contributed by atoms with van der Waals surface area (Å²) in [5.41, 5.74) is 3.34. The summed E-state index contributed by atoms with van der Waals surface area (Å²) >= 11 is 4.84. The zero-order valence-corrected chi connectivity index (χ0v) is 19.6. The van der Waals surface area contributed by atoms with Gasteiger partial charge in [0.25, 0.3) is 0 Å². The van der Waals surface area contributed by atoms with Crippen LogP contribution in [0.3, 0.4) is 0 Å². The predicted molar refractivity (Wildman–Crippen MR) is 129 cm³/mol. The second kappa shape index (κ2) is 10.6. The summed E-state index contributed by atoms with van der Waals surface area (Å²) in [6.45, 7) is 0.837. The first-order valence-corrected chi connectivity index (χ1v) is 12.3. The van der Waals surface area contributed by atoms with Crippen LogP contribution in [0.25, 0.3) is 10.6 Å². The lowest BCUT2D eigenvalue weighted by Gasteiger charge is -2.08. The summed E-state index contributed by atoms with van der Waals surface area (Å²) in [5.74, 6) is 2.16. The highest BCUT2D eigenvalue weighted by atomic mass is 32.2. The quantitative estimate of drug-likeness (QED) is 0.301. The molecule has 0 fully saturated rings. The van der Waals surface area contributed by atoms with Crippen LogP contribution in [0, 0.1) is 0 Å². The smallest absolute Gasteiger partial charge is 0.206 e. The molecule has 0 saturated heterocycles. The van der Waals surface area contributed by atoms with Crippen molar-refractivity contribution in [3.63, 3.8) is 0 Å². The van der Waals surface area contributed by atoms with Gasteiger partial charge in [-0.15, -0.1) is 21.5 Å². The van der Waals surface area contributed by atoms with Crippen molar-refractivity contribution in [1.82, 2.24) is 15.2 Å². The second-order valence-corrected chi connectivity index (χ2v) is 9.60. The first kappa shape index (κ1) is 21.6. The van der Waals surface area contributed by atoms with Gasteiger partial charge in [0.1, 0.15) is 5.01 Å². The molecule has 9 heteroatoms. The molecule has 0 spiro atoms. The largest absolute Gasteiger partial charge is 0.493 e. The van der Waals surface area contributed by atoms with E-state index in [1.807, 2.05) is 24.3 Å². The van der Waals surface area contributed by atoms with Gasteiger partial charge in [0.05, 0.1) is 19.9 Å². The molecular formula is C22H22N4O2S3. The van der Waals surface area contributed by atoms with Crippen molar-refractivity contribution < 1.29 is 9.47 Å². The van der Waals surface area contributed by atoms with E-state index in [4.69, 9.17) is 14.5 Å². The Balaban J connectivity index is 1.30. The number of hydrogen-bond acceptors (Lipinski definition) is 9. The number of nitrogens with one attached hydrogen (secondary N) is 1. The molecule has 4 aromatic rings. The molecular weight excluding hydrogens is 448 g/mol. The number of aromatic nitrogens is 3. The van der Waals surface area contributed by atoms with Crippen LogP contribution in [0.5, 0.6) is 11.5 Å². The standard InChI is InChI=1S/C22H22N4O2S3/c1-27-18-9-8-16(12-19(18)28-2)20-24-17(13-29-20)14-30-22-26-25-21(31-22)23-11-10-15-6-4-3-5-7-15/h3-9,12-13H,10-11,14H2,1-2H3,(H,23,25). The predicted octanol–water partition coefficient (Wildman–Crippen LogP) is 5.63. The third kappa shape index (κ3) is 5.75. The minimum Gasteiger partial charge on any atom is -0.493 e. The number of rotatable bonds is 10. The van der Waals surface area contributed by atoms with Crippen molar-refractivity contribution in [2.75, 3.05) is 26.1 Å². The number of anilines is 1. The SMILES string of the molecule is COc1ccc(-c2nc(CSc3nnc(NCCc4ccccc4)s3)cs2)cc1OC. The first-order chi connectivity index (χ1) is 15.2. The highest BCUT2D eigenvalue weighted by Crippen LogP contribution is 2.35. The Hall–Kier alpha value is -2.62. The minimum absolute atomic E-state index is 0.701. The fraction of sp³-hybridized carbons (Fsp3) is 0.227. The van der Waals surface area contributed by atoms with Gasteiger partial charge in [-0.2, -0.15) is 0 Å². The van der Waals surface area contributed by atoms with E-state index in [1.54, 1.807) is 48.7 Å². The maximum Gasteiger partial charge on any atom is 0.206 e. The van der Waals surface area contributed by atoms with Crippen molar-refractivity contribution in [3.05, 3.63) is 65.2 Å². The number of benzene rings is 2. The van der Waals surface area contributed by atoms with Gasteiger partial charge in [0.2, 0.25) is 5.13 Å². The zero-order valence-electron chi connectivity index (χ0n) is 17.2. The molecule has 160 valence electrons. The average molecular weight is 471 g/mol. The lowest BCUT2D eigenvalue weighted by molar-refractivity contribution is 0.355. The zero-order chi connectivity index (χ0) is 21.5. The van der Waals surface area contributed by atoms with E-state index >= 15 is 0 Å². The minimum atomic E-state index is 0.701. The fourth-order valence-electron chi connectivity index (χ4n) is 2.91. The van der Waals surface area contributed by atoms with Crippen molar-refractivity contribution in [1.29, 1.82) is 0 Å². The molecule has 0 atom stereocenters. The van der Waals surface area contributed by atoms with Crippen molar-refractivity contribution in [2.24, 2.45) is 0 Å². The van der Waals surface area contributed by atoms with Gasteiger partial charge in [0, 0.05) is 23.2 Å². The molecule has 0 aliphatic carbocycles. The molecule has 2 heterocycles. The molecule has 0 aliphatic heterocycles. The van der Waals surface area contributed by atoms with Crippen LogP contribution in [0.4, 0.5) is 5.13 Å². The number of hydrogen-bond donors (Lipinski definition) is 1. The highest BCUT2D eigenvalue weighted by molar-refractivity contribution is 8.00. The Bertz CT molecular complexity index is 1110. The Morgan fingerprint density at radius 3 is 2.65 bits per heavy atom. The normalized spacial score (nSPS) is 10.8. The van der Waals surface area contributed by atoms with E-state index in [0.717, 1.165) is 44.5 Å². The summed E-state index contributed by atoms with van der Waals surface area (Å²) in [4.78, 5) is 4.76. The third-order valence-electron chi connectivity index (χ3n) is 4.46. The number of thiazole rings is 1. The van der Waals surface area contributed by atoms with Gasteiger partial charge in [-0.05, 0) is 30.2 Å². The van der Waals surface area contributed by atoms with Gasteiger partial charge in [-0.25, -0.2) is 4.98 Å². The molecule has 0 saturated carbocycles. The molecule has 6 nitrogen and oxygen atoms in total. The molecule has 0 unspecified atom stereocenters. The van der Waals surface area contributed by atoms with Gasteiger partial charge in [-0.3, -0.25) is 0 Å². The molecule has 0 radical (unpaired) electrons. The Labute approximate surface area is 193 Å². The summed E-state index contributed by atoms with van der Waals surface area (Å²) in [6.07, 6.45) is 0.959. The molecule has 0 amide bonds. The van der Waals surface area contributed by atoms with Crippen LogP contribution in [0.1, 0.15) is 11.3 Å². The fourth-order valence-corrected chi connectivity index (χ4v) is 5.50. The molecule has 4 rings (SSSR count). The van der Waals surface area contributed by atoms with E-state index in [2.05, 4.69) is 45.2 Å². The van der Waals surface area contributed by atoms with Crippen LogP contribution in [0.2, 0.25) is 0 Å². The van der Waals surface area contributed by atoms with Gasteiger partial charge in [-0.1, -0.05) is 53.4 Å². The highest BCUT2D eigenvalue weighted by Gasteiger charge is 2.11. The molecule has 1 N–H and O–H groups in total. The van der Waals surface area contributed by atoms with E-state index < -0.39 is 0 Å². The van der Waals surface area contributed by atoms with E-state index in [9.17, 15) is 0 Å². The second-order valence-electron chi connectivity index (χ2n) is 6.54. The number of ether oxygens (including phenoxy) is 2. The van der Waals surface area contributed by atoms with Crippen molar-refractivity contribution in [3.8, 4) is 22.1 Å². The maximum absolute atomic E-state index is 5.39. The Kier molecular flexibility index (Phi) is 7.39. The molecule has 2 aromatic carbocycles. The molecule has 31 heavy (non-hydrogen) atoms. The van der Waals surface area contributed by atoms with Crippen molar-refractivity contribution in [2.45, 2.75) is 16.5 Å².